The van der Waals surface area contributed by atoms with Crippen LogP contribution in [-0.4, -0.2) is 17.3 Å². The molecule has 13 heavy (non-hydrogen) atoms. The van der Waals surface area contributed by atoms with Crippen LogP contribution in [0, 0.1) is 6.39 Å². The Morgan fingerprint density at radius 1 is 1.38 bits per heavy atom. The second-order valence-corrected chi connectivity index (χ2v) is 2.40. The topological polar surface area (TPSA) is 48.2 Å². The van der Waals surface area contributed by atoms with Crippen LogP contribution in [0.5, 0.6) is 5.75 Å². The molecule has 0 fully saturated rings. The molecule has 0 saturated heterocycles. The summed E-state index contributed by atoms with van der Waals surface area (Å²) in [6, 6.07) is 7.43. The highest BCUT2D eigenvalue weighted by Crippen LogP contribution is 2.26. The Morgan fingerprint density at radius 2 is 2.23 bits per heavy atom. The molecule has 0 bridgehead atoms. The monoisotopic (exact) mass is 175 g/mol. The lowest BCUT2D eigenvalue weighted by Crippen LogP contribution is -1.87. The van der Waals surface area contributed by atoms with Gasteiger partial charge in [0, 0.05) is 0 Å². The lowest BCUT2D eigenvalue weighted by atomic mass is 10.2. The molecular weight excluding hydrogens is 168 g/mol. The molecule has 0 unspecified atom stereocenters. The molecular formula is C9H7N2O2. The Labute approximate surface area is 75.2 Å². The SMILES string of the molecule is COc1ccccc1-c1nn[c]o1. The first-order chi connectivity index (χ1) is 6.42. The van der Waals surface area contributed by atoms with Crippen molar-refractivity contribution >= 4 is 0 Å². The number of rotatable bonds is 2. The molecule has 1 aromatic heterocycles. The summed E-state index contributed by atoms with van der Waals surface area (Å²) in [5, 5.41) is 7.22. The van der Waals surface area contributed by atoms with Crippen molar-refractivity contribution in [3.8, 4) is 17.2 Å². The minimum absolute atomic E-state index is 0.414. The van der Waals surface area contributed by atoms with Gasteiger partial charge in [0.15, 0.2) is 0 Å². The van der Waals surface area contributed by atoms with Gasteiger partial charge in [-0.25, -0.2) is 0 Å². The van der Waals surface area contributed by atoms with E-state index < -0.39 is 0 Å². The number of hydrogen-bond donors (Lipinski definition) is 0. The van der Waals surface area contributed by atoms with Crippen molar-refractivity contribution in [2.24, 2.45) is 0 Å². The van der Waals surface area contributed by atoms with Crippen molar-refractivity contribution in [2.45, 2.75) is 0 Å². The second-order valence-electron chi connectivity index (χ2n) is 2.40. The number of methoxy groups -OCH3 is 1. The van der Waals surface area contributed by atoms with Gasteiger partial charge < -0.3 is 9.15 Å². The minimum atomic E-state index is 0.414. The molecule has 2 aromatic rings. The lowest BCUT2D eigenvalue weighted by molar-refractivity contribution is 0.414. The first kappa shape index (κ1) is 7.79. The summed E-state index contributed by atoms with van der Waals surface area (Å²) in [7, 11) is 1.60. The fourth-order valence-corrected chi connectivity index (χ4v) is 1.08. The van der Waals surface area contributed by atoms with Crippen molar-refractivity contribution in [1.29, 1.82) is 0 Å². The zero-order valence-electron chi connectivity index (χ0n) is 7.02. The van der Waals surface area contributed by atoms with Gasteiger partial charge >= 0.3 is 6.39 Å². The molecule has 1 aromatic carbocycles. The number of para-hydroxylation sites is 1. The molecule has 0 aliphatic carbocycles. The van der Waals surface area contributed by atoms with Crippen LogP contribution in [0.2, 0.25) is 0 Å². The van der Waals surface area contributed by atoms with Gasteiger partial charge in [0.1, 0.15) is 5.75 Å². The van der Waals surface area contributed by atoms with Gasteiger partial charge in [0.05, 0.1) is 12.7 Å². The van der Waals surface area contributed by atoms with Crippen molar-refractivity contribution in [3.05, 3.63) is 30.7 Å². The molecule has 65 valence electrons. The fraction of sp³-hybridized carbons (Fsp3) is 0.111. The summed E-state index contributed by atoms with van der Waals surface area (Å²) < 4.78 is 10.1. The molecule has 4 nitrogen and oxygen atoms in total. The third kappa shape index (κ3) is 1.38. The van der Waals surface area contributed by atoms with Crippen molar-refractivity contribution in [2.75, 3.05) is 7.11 Å². The molecule has 0 N–H and O–H groups in total. The molecule has 0 spiro atoms. The third-order valence-electron chi connectivity index (χ3n) is 1.66. The molecule has 0 aliphatic rings. The predicted octanol–water partition coefficient (Wildman–Crippen LogP) is 1.55. The molecule has 0 saturated carbocycles. The normalized spacial score (nSPS) is 9.92. The quantitative estimate of drug-likeness (QED) is 0.694. The maximum absolute atomic E-state index is 5.13. The largest absolute Gasteiger partial charge is 0.496 e. The highest BCUT2D eigenvalue weighted by molar-refractivity contribution is 5.61. The van der Waals surface area contributed by atoms with E-state index in [0.717, 1.165) is 5.56 Å². The number of benzene rings is 1. The summed E-state index contributed by atoms with van der Waals surface area (Å²) in [5.74, 6) is 1.12. The Kier molecular flexibility index (Phi) is 1.96. The Hall–Kier alpha value is -1.84. The van der Waals surface area contributed by atoms with Crippen LogP contribution in [0.1, 0.15) is 0 Å². The van der Waals surface area contributed by atoms with E-state index in [2.05, 4.69) is 16.6 Å². The lowest BCUT2D eigenvalue weighted by Gasteiger charge is -2.02. The number of hydrogen-bond acceptors (Lipinski definition) is 4. The highest BCUT2D eigenvalue weighted by atomic mass is 16.5. The first-order valence-electron chi connectivity index (χ1n) is 3.75. The fourth-order valence-electron chi connectivity index (χ4n) is 1.08. The third-order valence-corrected chi connectivity index (χ3v) is 1.66. The van der Waals surface area contributed by atoms with E-state index in [4.69, 9.17) is 9.15 Å². The summed E-state index contributed by atoms with van der Waals surface area (Å²) in [4.78, 5) is 0. The van der Waals surface area contributed by atoms with Gasteiger partial charge in [-0.15, -0.1) is 10.2 Å². The van der Waals surface area contributed by atoms with E-state index in [1.165, 1.54) is 0 Å². The molecule has 0 atom stereocenters. The van der Waals surface area contributed by atoms with Gasteiger partial charge in [-0.2, -0.15) is 0 Å². The molecule has 4 heteroatoms. The predicted molar refractivity (Wildman–Crippen MR) is 45.1 cm³/mol. The van der Waals surface area contributed by atoms with E-state index in [0.29, 0.717) is 11.6 Å². The molecule has 1 heterocycles. The summed E-state index contributed by atoms with van der Waals surface area (Å²) >= 11 is 0. The second kappa shape index (κ2) is 3.26. The van der Waals surface area contributed by atoms with E-state index in [1.807, 2.05) is 24.3 Å². The first-order valence-corrected chi connectivity index (χ1v) is 3.75. The zero-order chi connectivity index (χ0) is 9.10. The molecule has 0 aliphatic heterocycles. The average Bonchev–Trinajstić information content (AvgIpc) is 2.70. The standard InChI is InChI=1S/C9H7N2O2/c1-12-8-5-3-2-4-7(8)9-11-10-6-13-9/h2-5H,1H3. The van der Waals surface area contributed by atoms with Crippen LogP contribution in [0.15, 0.2) is 28.7 Å². The average molecular weight is 175 g/mol. The maximum Gasteiger partial charge on any atom is 0.306 e. The molecule has 2 rings (SSSR count). The smallest absolute Gasteiger partial charge is 0.306 e. The van der Waals surface area contributed by atoms with Crippen LogP contribution in [0.3, 0.4) is 0 Å². The van der Waals surface area contributed by atoms with Crippen molar-refractivity contribution in [1.82, 2.24) is 10.2 Å². The van der Waals surface area contributed by atoms with E-state index in [-0.39, 0.29) is 0 Å². The maximum atomic E-state index is 5.13. The van der Waals surface area contributed by atoms with Crippen molar-refractivity contribution in [3.63, 3.8) is 0 Å². The van der Waals surface area contributed by atoms with Crippen LogP contribution in [0.4, 0.5) is 0 Å². The van der Waals surface area contributed by atoms with Crippen LogP contribution < -0.4 is 4.74 Å². The number of ether oxygens (including phenoxy) is 1. The van der Waals surface area contributed by atoms with Gasteiger partial charge in [0.2, 0.25) is 0 Å². The Balaban J connectivity index is 2.51. The summed E-state index contributed by atoms with van der Waals surface area (Å²) in [6.45, 7) is 0. The van der Waals surface area contributed by atoms with E-state index in [1.54, 1.807) is 7.11 Å². The highest BCUT2D eigenvalue weighted by Gasteiger charge is 2.08. The van der Waals surface area contributed by atoms with Crippen molar-refractivity contribution < 1.29 is 9.15 Å². The zero-order valence-corrected chi connectivity index (χ0v) is 7.02. The van der Waals surface area contributed by atoms with Gasteiger partial charge in [-0.05, 0) is 12.1 Å². The number of aromatic nitrogens is 2. The Morgan fingerprint density at radius 3 is 2.92 bits per heavy atom. The van der Waals surface area contributed by atoms with Gasteiger partial charge in [-0.1, -0.05) is 12.1 Å². The Bertz CT molecular complexity index is 384. The number of nitrogens with zero attached hydrogens (tertiary/aromatic N) is 2. The van der Waals surface area contributed by atoms with E-state index >= 15 is 0 Å². The van der Waals surface area contributed by atoms with Crippen LogP contribution in [0.25, 0.3) is 11.5 Å². The molecule has 0 amide bonds. The van der Waals surface area contributed by atoms with Crippen LogP contribution >= 0.6 is 0 Å². The summed E-state index contributed by atoms with van der Waals surface area (Å²) in [5.41, 5.74) is 0.777. The van der Waals surface area contributed by atoms with E-state index in [9.17, 15) is 0 Å². The van der Waals surface area contributed by atoms with Crippen LogP contribution in [-0.2, 0) is 0 Å². The van der Waals surface area contributed by atoms with Gasteiger partial charge in [-0.3, -0.25) is 0 Å². The summed E-state index contributed by atoms with van der Waals surface area (Å²) in [6.07, 6.45) is 2.29. The van der Waals surface area contributed by atoms with Gasteiger partial charge in [0.25, 0.3) is 5.89 Å². The minimum Gasteiger partial charge on any atom is -0.496 e. The molecule has 1 radical (unpaired) electrons.